The Balaban J connectivity index is 1.98. The SMILES string of the molecule is COc1ccc2cc(C(Cl)c3ccc(Cl)cc3)ccc2c1. The van der Waals surface area contributed by atoms with Crippen LogP contribution in [0.2, 0.25) is 5.02 Å². The number of fused-ring (bicyclic) bond motifs is 1. The van der Waals surface area contributed by atoms with Gasteiger partial charge in [0.2, 0.25) is 0 Å². The summed E-state index contributed by atoms with van der Waals surface area (Å²) in [5.74, 6) is 0.857. The van der Waals surface area contributed by atoms with E-state index in [0.29, 0.717) is 5.02 Å². The van der Waals surface area contributed by atoms with E-state index in [4.69, 9.17) is 27.9 Å². The summed E-state index contributed by atoms with van der Waals surface area (Å²) in [5.41, 5.74) is 2.10. The second-order valence-corrected chi connectivity index (χ2v) is 5.76. The predicted octanol–water partition coefficient (Wildman–Crippen LogP) is 5.83. The van der Waals surface area contributed by atoms with E-state index in [2.05, 4.69) is 12.1 Å². The van der Waals surface area contributed by atoms with Crippen molar-refractivity contribution in [3.63, 3.8) is 0 Å². The molecule has 106 valence electrons. The number of alkyl halides is 1. The lowest BCUT2D eigenvalue weighted by Gasteiger charge is -2.12. The number of rotatable bonds is 3. The van der Waals surface area contributed by atoms with Crippen molar-refractivity contribution in [2.24, 2.45) is 0 Å². The summed E-state index contributed by atoms with van der Waals surface area (Å²) in [7, 11) is 1.67. The highest BCUT2D eigenvalue weighted by Crippen LogP contribution is 2.32. The molecule has 0 aliphatic rings. The molecule has 1 atom stereocenters. The van der Waals surface area contributed by atoms with Crippen LogP contribution in [0.1, 0.15) is 16.5 Å². The minimum Gasteiger partial charge on any atom is -0.497 e. The van der Waals surface area contributed by atoms with Gasteiger partial charge in [0.25, 0.3) is 0 Å². The average molecular weight is 317 g/mol. The number of ether oxygens (including phenoxy) is 1. The maximum absolute atomic E-state index is 6.58. The van der Waals surface area contributed by atoms with Crippen LogP contribution < -0.4 is 4.74 Å². The highest BCUT2D eigenvalue weighted by molar-refractivity contribution is 6.30. The fourth-order valence-electron chi connectivity index (χ4n) is 2.35. The average Bonchev–Trinajstić information content (AvgIpc) is 2.54. The van der Waals surface area contributed by atoms with Crippen LogP contribution in [-0.4, -0.2) is 7.11 Å². The van der Waals surface area contributed by atoms with Gasteiger partial charge in [0.1, 0.15) is 5.75 Å². The number of benzene rings is 3. The number of methoxy groups -OCH3 is 1. The zero-order valence-corrected chi connectivity index (χ0v) is 13.0. The first-order valence-corrected chi connectivity index (χ1v) is 7.46. The Kier molecular flexibility index (Phi) is 4.05. The Morgan fingerprint density at radius 2 is 1.43 bits per heavy atom. The minimum atomic E-state index is -0.186. The van der Waals surface area contributed by atoms with Crippen molar-refractivity contribution in [1.29, 1.82) is 0 Å². The Morgan fingerprint density at radius 1 is 0.810 bits per heavy atom. The van der Waals surface area contributed by atoms with Crippen molar-refractivity contribution < 1.29 is 4.74 Å². The van der Waals surface area contributed by atoms with E-state index < -0.39 is 0 Å². The highest BCUT2D eigenvalue weighted by Gasteiger charge is 2.11. The van der Waals surface area contributed by atoms with E-state index in [-0.39, 0.29) is 5.38 Å². The maximum atomic E-state index is 6.58. The van der Waals surface area contributed by atoms with Gasteiger partial charge in [-0.1, -0.05) is 41.9 Å². The van der Waals surface area contributed by atoms with Crippen molar-refractivity contribution in [3.8, 4) is 5.75 Å². The fourth-order valence-corrected chi connectivity index (χ4v) is 2.76. The normalized spacial score (nSPS) is 12.3. The van der Waals surface area contributed by atoms with Gasteiger partial charge in [0.15, 0.2) is 0 Å². The van der Waals surface area contributed by atoms with Crippen LogP contribution in [0.15, 0.2) is 60.7 Å². The second kappa shape index (κ2) is 5.97. The van der Waals surface area contributed by atoms with Gasteiger partial charge in [-0.15, -0.1) is 11.6 Å². The molecule has 0 radical (unpaired) electrons. The monoisotopic (exact) mass is 316 g/mol. The Labute approximate surface area is 134 Å². The molecule has 1 nitrogen and oxygen atoms in total. The van der Waals surface area contributed by atoms with E-state index >= 15 is 0 Å². The Morgan fingerprint density at radius 3 is 2.14 bits per heavy atom. The first-order valence-electron chi connectivity index (χ1n) is 6.64. The van der Waals surface area contributed by atoms with Gasteiger partial charge in [-0.3, -0.25) is 0 Å². The van der Waals surface area contributed by atoms with Crippen LogP contribution in [0.25, 0.3) is 10.8 Å². The molecule has 3 aromatic carbocycles. The number of hydrogen-bond donors (Lipinski definition) is 0. The van der Waals surface area contributed by atoms with Gasteiger partial charge in [-0.2, -0.15) is 0 Å². The molecular weight excluding hydrogens is 303 g/mol. The molecule has 0 bridgehead atoms. The third kappa shape index (κ3) is 2.99. The van der Waals surface area contributed by atoms with Crippen molar-refractivity contribution in [3.05, 3.63) is 76.8 Å². The summed E-state index contributed by atoms with van der Waals surface area (Å²) in [6.45, 7) is 0. The first kappa shape index (κ1) is 14.2. The molecule has 0 fully saturated rings. The van der Waals surface area contributed by atoms with Crippen LogP contribution in [0.3, 0.4) is 0 Å². The largest absolute Gasteiger partial charge is 0.497 e. The number of halogens is 2. The zero-order chi connectivity index (χ0) is 14.8. The molecule has 1 unspecified atom stereocenters. The summed E-state index contributed by atoms with van der Waals surface area (Å²) in [6, 6.07) is 19.9. The molecule has 3 heteroatoms. The molecule has 3 aromatic rings. The quantitative estimate of drug-likeness (QED) is 0.552. The number of hydrogen-bond acceptors (Lipinski definition) is 1. The van der Waals surface area contributed by atoms with E-state index in [1.54, 1.807) is 7.11 Å². The van der Waals surface area contributed by atoms with Crippen molar-refractivity contribution in [2.45, 2.75) is 5.38 Å². The smallest absolute Gasteiger partial charge is 0.119 e. The lowest BCUT2D eigenvalue weighted by molar-refractivity contribution is 0.415. The Bertz CT molecular complexity index is 766. The highest BCUT2D eigenvalue weighted by atomic mass is 35.5. The van der Waals surface area contributed by atoms with Crippen LogP contribution >= 0.6 is 23.2 Å². The molecule has 3 rings (SSSR count). The summed E-state index contributed by atoms with van der Waals surface area (Å²) in [4.78, 5) is 0. The predicted molar refractivity (Wildman–Crippen MR) is 89.6 cm³/mol. The summed E-state index contributed by atoms with van der Waals surface area (Å²) in [6.07, 6.45) is 0. The zero-order valence-electron chi connectivity index (χ0n) is 11.5. The first-order chi connectivity index (χ1) is 10.2. The van der Waals surface area contributed by atoms with E-state index in [1.807, 2.05) is 48.5 Å². The summed E-state index contributed by atoms with van der Waals surface area (Å²) >= 11 is 12.5. The van der Waals surface area contributed by atoms with Crippen LogP contribution in [0.4, 0.5) is 0 Å². The molecule has 0 saturated carbocycles. The molecule has 0 saturated heterocycles. The topological polar surface area (TPSA) is 9.23 Å². The van der Waals surface area contributed by atoms with Crippen molar-refractivity contribution in [1.82, 2.24) is 0 Å². The van der Waals surface area contributed by atoms with E-state index in [0.717, 1.165) is 27.6 Å². The standard InChI is InChI=1S/C18H14Cl2O/c1-21-17-9-6-13-10-15(3-2-14(13)11-17)18(20)12-4-7-16(19)8-5-12/h2-11,18H,1H3. The third-order valence-electron chi connectivity index (χ3n) is 3.53. The van der Waals surface area contributed by atoms with Gasteiger partial charge >= 0.3 is 0 Å². The maximum Gasteiger partial charge on any atom is 0.119 e. The molecule has 0 heterocycles. The van der Waals surface area contributed by atoms with Gasteiger partial charge in [0.05, 0.1) is 12.5 Å². The lowest BCUT2D eigenvalue weighted by atomic mass is 10.0. The molecule has 21 heavy (non-hydrogen) atoms. The summed E-state index contributed by atoms with van der Waals surface area (Å²) < 4.78 is 5.24. The van der Waals surface area contributed by atoms with Gasteiger partial charge in [-0.05, 0) is 52.2 Å². The molecular formula is C18H14Cl2O. The second-order valence-electron chi connectivity index (χ2n) is 4.89. The molecule has 0 spiro atoms. The molecule has 0 aliphatic heterocycles. The van der Waals surface area contributed by atoms with Crippen molar-refractivity contribution in [2.75, 3.05) is 7.11 Å². The van der Waals surface area contributed by atoms with Gasteiger partial charge < -0.3 is 4.74 Å². The molecule has 0 aliphatic carbocycles. The van der Waals surface area contributed by atoms with Crippen LogP contribution in [0.5, 0.6) is 5.75 Å². The lowest BCUT2D eigenvalue weighted by Crippen LogP contribution is -1.93. The Hall–Kier alpha value is -1.70. The molecule has 0 amide bonds. The van der Waals surface area contributed by atoms with E-state index in [9.17, 15) is 0 Å². The van der Waals surface area contributed by atoms with Crippen LogP contribution in [-0.2, 0) is 0 Å². The van der Waals surface area contributed by atoms with Crippen molar-refractivity contribution >= 4 is 34.0 Å². The minimum absolute atomic E-state index is 0.186. The summed E-state index contributed by atoms with van der Waals surface area (Å²) in [5, 5.41) is 2.81. The van der Waals surface area contributed by atoms with Crippen LogP contribution in [0, 0.1) is 0 Å². The molecule has 0 N–H and O–H groups in total. The van der Waals surface area contributed by atoms with Gasteiger partial charge in [0, 0.05) is 5.02 Å². The third-order valence-corrected chi connectivity index (χ3v) is 4.28. The molecule has 0 aromatic heterocycles. The van der Waals surface area contributed by atoms with Gasteiger partial charge in [-0.25, -0.2) is 0 Å². The van der Waals surface area contributed by atoms with E-state index in [1.165, 1.54) is 0 Å². The fraction of sp³-hybridized carbons (Fsp3) is 0.111.